The quantitative estimate of drug-likeness (QED) is 0.933. The summed E-state index contributed by atoms with van der Waals surface area (Å²) in [5, 5.41) is 7.20. The number of nitrogens with zero attached hydrogens (tertiary/aromatic N) is 2. The molecule has 1 aliphatic heterocycles. The van der Waals surface area contributed by atoms with Crippen molar-refractivity contribution in [3.63, 3.8) is 0 Å². The van der Waals surface area contributed by atoms with Gasteiger partial charge in [0.05, 0.1) is 6.61 Å². The van der Waals surface area contributed by atoms with Gasteiger partial charge in [-0.2, -0.15) is 5.10 Å². The van der Waals surface area contributed by atoms with Gasteiger partial charge in [0.2, 0.25) is 5.88 Å². The van der Waals surface area contributed by atoms with Crippen LogP contribution in [0, 0.1) is 0 Å². The highest BCUT2D eigenvalue weighted by molar-refractivity contribution is 6.03. The molecule has 0 radical (unpaired) electrons. The Kier molecular flexibility index (Phi) is 3.41. The summed E-state index contributed by atoms with van der Waals surface area (Å²) in [6.07, 6.45) is 1.80. The van der Waals surface area contributed by atoms with Gasteiger partial charge in [-0.05, 0) is 18.1 Å². The van der Waals surface area contributed by atoms with Gasteiger partial charge in [0.25, 0.3) is 5.91 Å². The van der Waals surface area contributed by atoms with Crippen LogP contribution in [0.4, 0.5) is 5.69 Å². The van der Waals surface area contributed by atoms with Crippen molar-refractivity contribution in [2.75, 3.05) is 11.9 Å². The maximum absolute atomic E-state index is 12.3. The van der Waals surface area contributed by atoms with E-state index in [0.29, 0.717) is 18.2 Å². The van der Waals surface area contributed by atoms with Crippen LogP contribution in [0.25, 0.3) is 0 Å². The molecule has 5 nitrogen and oxygen atoms in total. The smallest absolute Gasteiger partial charge is 0.276 e. The van der Waals surface area contributed by atoms with Crippen LogP contribution >= 0.6 is 0 Å². The fraction of sp³-hybridized carbons (Fsp3) is 0.333. The van der Waals surface area contributed by atoms with Crippen molar-refractivity contribution in [2.45, 2.75) is 26.3 Å². The Morgan fingerprint density at radius 1 is 1.45 bits per heavy atom. The zero-order chi connectivity index (χ0) is 13.9. The average molecular weight is 271 g/mol. The minimum atomic E-state index is -0.198. The summed E-state index contributed by atoms with van der Waals surface area (Å²) < 4.78 is 7.21. The van der Waals surface area contributed by atoms with E-state index in [9.17, 15) is 4.79 Å². The van der Waals surface area contributed by atoms with Gasteiger partial charge >= 0.3 is 0 Å². The lowest BCUT2D eigenvalue weighted by molar-refractivity contribution is 0.102. The first-order valence-electron chi connectivity index (χ1n) is 6.88. The average Bonchev–Trinajstić information content (AvgIpc) is 2.92. The van der Waals surface area contributed by atoms with Crippen molar-refractivity contribution in [1.82, 2.24) is 9.78 Å². The minimum absolute atomic E-state index is 0.198. The van der Waals surface area contributed by atoms with Gasteiger partial charge in [-0.1, -0.05) is 25.1 Å². The molecule has 2 aromatic rings. The summed E-state index contributed by atoms with van der Waals surface area (Å²) >= 11 is 0. The van der Waals surface area contributed by atoms with Crippen LogP contribution in [0.5, 0.6) is 5.88 Å². The van der Waals surface area contributed by atoms with E-state index in [2.05, 4.69) is 17.3 Å². The molecule has 5 heteroatoms. The van der Waals surface area contributed by atoms with Gasteiger partial charge in [-0.25, -0.2) is 4.68 Å². The number of hydrogen-bond donors (Lipinski definition) is 1. The molecule has 0 aliphatic carbocycles. The van der Waals surface area contributed by atoms with Crippen molar-refractivity contribution in [1.29, 1.82) is 0 Å². The number of rotatable bonds is 3. The van der Waals surface area contributed by atoms with Gasteiger partial charge in [0.15, 0.2) is 5.69 Å². The number of fused-ring (bicyclic) bond motifs is 1. The van der Waals surface area contributed by atoms with E-state index in [1.165, 1.54) is 0 Å². The van der Waals surface area contributed by atoms with E-state index in [1.807, 2.05) is 24.3 Å². The Morgan fingerprint density at radius 2 is 2.30 bits per heavy atom. The Balaban J connectivity index is 1.81. The largest absolute Gasteiger partial charge is 0.478 e. The number of aromatic nitrogens is 2. The third-order valence-electron chi connectivity index (χ3n) is 3.39. The van der Waals surface area contributed by atoms with Crippen LogP contribution in [-0.4, -0.2) is 22.3 Å². The van der Waals surface area contributed by atoms with E-state index in [-0.39, 0.29) is 5.91 Å². The van der Waals surface area contributed by atoms with Crippen LogP contribution in [0.1, 0.15) is 29.4 Å². The maximum Gasteiger partial charge on any atom is 0.276 e. The van der Waals surface area contributed by atoms with E-state index < -0.39 is 0 Å². The molecular formula is C15H17N3O2. The van der Waals surface area contributed by atoms with Gasteiger partial charge in [-0.3, -0.25) is 4.79 Å². The first kappa shape index (κ1) is 12.7. The van der Waals surface area contributed by atoms with E-state index >= 15 is 0 Å². The molecule has 0 saturated heterocycles. The van der Waals surface area contributed by atoms with Crippen LogP contribution in [-0.2, 0) is 13.0 Å². The molecule has 0 fully saturated rings. The lowest BCUT2D eigenvalue weighted by Crippen LogP contribution is -2.16. The minimum Gasteiger partial charge on any atom is -0.478 e. The second-order valence-corrected chi connectivity index (χ2v) is 4.76. The highest BCUT2D eigenvalue weighted by atomic mass is 16.5. The standard InChI is InChI=1S/C15H17N3O2/c1-2-11-6-3-4-7-12(11)16-15(19)13-10-14-18(17-13)8-5-9-20-14/h3-4,6-7,10H,2,5,8-9H2,1H3,(H,16,19). The highest BCUT2D eigenvalue weighted by Gasteiger charge is 2.18. The maximum atomic E-state index is 12.3. The molecule has 1 amide bonds. The summed E-state index contributed by atoms with van der Waals surface area (Å²) in [7, 11) is 0. The molecule has 1 N–H and O–H groups in total. The summed E-state index contributed by atoms with van der Waals surface area (Å²) in [5.74, 6) is 0.474. The highest BCUT2D eigenvalue weighted by Crippen LogP contribution is 2.20. The van der Waals surface area contributed by atoms with Crippen LogP contribution in [0.15, 0.2) is 30.3 Å². The number of carbonyl (C=O) groups is 1. The number of nitrogens with one attached hydrogen (secondary N) is 1. The molecule has 20 heavy (non-hydrogen) atoms. The predicted molar refractivity (Wildman–Crippen MR) is 76.1 cm³/mol. The molecular weight excluding hydrogens is 254 g/mol. The zero-order valence-corrected chi connectivity index (χ0v) is 11.4. The number of ether oxygens (including phenoxy) is 1. The van der Waals surface area contributed by atoms with Crippen molar-refractivity contribution in [3.8, 4) is 5.88 Å². The first-order valence-corrected chi connectivity index (χ1v) is 6.88. The summed E-state index contributed by atoms with van der Waals surface area (Å²) in [5.41, 5.74) is 2.35. The number of hydrogen-bond acceptors (Lipinski definition) is 3. The lowest BCUT2D eigenvalue weighted by Gasteiger charge is -2.13. The Morgan fingerprint density at radius 3 is 3.10 bits per heavy atom. The van der Waals surface area contributed by atoms with E-state index in [1.54, 1.807) is 10.7 Å². The zero-order valence-electron chi connectivity index (χ0n) is 11.4. The van der Waals surface area contributed by atoms with Gasteiger partial charge in [-0.15, -0.1) is 0 Å². The molecule has 1 aromatic heterocycles. The molecule has 104 valence electrons. The second-order valence-electron chi connectivity index (χ2n) is 4.76. The van der Waals surface area contributed by atoms with Crippen molar-refractivity contribution in [2.24, 2.45) is 0 Å². The van der Waals surface area contributed by atoms with Gasteiger partial charge in [0.1, 0.15) is 0 Å². The van der Waals surface area contributed by atoms with Crippen LogP contribution in [0.2, 0.25) is 0 Å². The van der Waals surface area contributed by atoms with E-state index in [4.69, 9.17) is 4.74 Å². The summed E-state index contributed by atoms with van der Waals surface area (Å²) in [6.45, 7) is 3.55. The van der Waals surface area contributed by atoms with Crippen molar-refractivity contribution >= 4 is 11.6 Å². The molecule has 0 atom stereocenters. The first-order chi connectivity index (χ1) is 9.78. The number of benzene rings is 1. The lowest BCUT2D eigenvalue weighted by atomic mass is 10.1. The third-order valence-corrected chi connectivity index (χ3v) is 3.39. The second kappa shape index (κ2) is 5.36. The molecule has 0 spiro atoms. The SMILES string of the molecule is CCc1ccccc1NC(=O)c1cc2n(n1)CCCO2. The Bertz CT molecular complexity index is 610. The van der Waals surface area contributed by atoms with Crippen LogP contribution in [0.3, 0.4) is 0 Å². The number of aryl methyl sites for hydroxylation is 2. The summed E-state index contributed by atoms with van der Waals surface area (Å²) in [6, 6.07) is 9.50. The third kappa shape index (κ3) is 2.39. The fourth-order valence-corrected chi connectivity index (χ4v) is 2.31. The molecule has 0 bridgehead atoms. The fourth-order valence-electron chi connectivity index (χ4n) is 2.31. The number of anilines is 1. The summed E-state index contributed by atoms with van der Waals surface area (Å²) in [4.78, 5) is 12.3. The van der Waals surface area contributed by atoms with Crippen molar-refractivity contribution < 1.29 is 9.53 Å². The van der Waals surface area contributed by atoms with Crippen molar-refractivity contribution in [3.05, 3.63) is 41.6 Å². The molecule has 1 aromatic carbocycles. The molecule has 0 saturated carbocycles. The molecule has 1 aliphatic rings. The normalized spacial score (nSPS) is 13.4. The van der Waals surface area contributed by atoms with Gasteiger partial charge in [0, 0.05) is 24.7 Å². The predicted octanol–water partition coefficient (Wildman–Crippen LogP) is 2.48. The number of para-hydroxylation sites is 1. The molecule has 2 heterocycles. The monoisotopic (exact) mass is 271 g/mol. The number of amides is 1. The Hall–Kier alpha value is -2.30. The molecule has 0 unspecified atom stereocenters. The van der Waals surface area contributed by atoms with E-state index in [0.717, 1.165) is 30.6 Å². The van der Waals surface area contributed by atoms with Crippen LogP contribution < -0.4 is 10.1 Å². The topological polar surface area (TPSA) is 56.2 Å². The molecule has 3 rings (SSSR count). The Labute approximate surface area is 117 Å². The number of carbonyl (C=O) groups excluding carboxylic acids is 1. The van der Waals surface area contributed by atoms with Gasteiger partial charge < -0.3 is 10.1 Å².